The predicted octanol–water partition coefficient (Wildman–Crippen LogP) is 5.79. The van der Waals surface area contributed by atoms with Crippen LogP contribution in [0, 0.1) is 35.0 Å². The third-order valence-corrected chi connectivity index (χ3v) is 9.63. The molecule has 5 rings (SSSR count). The first-order valence-corrected chi connectivity index (χ1v) is 12.3. The molecular formula is C28H37NO2. The van der Waals surface area contributed by atoms with Crippen LogP contribution in [-0.2, 0) is 9.59 Å². The molecule has 0 N–H and O–H groups in total. The molecular weight excluding hydrogens is 382 g/mol. The fraction of sp³-hybridized carbons (Fsp3) is 0.643. The molecule has 0 heterocycles. The number of carbonyl (C=O) groups excluding carboxylic acids is 2. The van der Waals surface area contributed by atoms with Crippen molar-refractivity contribution in [1.82, 2.24) is 0 Å². The van der Waals surface area contributed by atoms with Crippen LogP contribution in [0.5, 0.6) is 0 Å². The van der Waals surface area contributed by atoms with E-state index in [-0.39, 0.29) is 11.3 Å². The van der Waals surface area contributed by atoms with E-state index in [1.807, 2.05) is 13.0 Å². The summed E-state index contributed by atoms with van der Waals surface area (Å²) in [6.45, 7) is 4.25. The number of anilines is 1. The van der Waals surface area contributed by atoms with Gasteiger partial charge >= 0.3 is 0 Å². The molecule has 166 valence electrons. The highest BCUT2D eigenvalue weighted by Crippen LogP contribution is 2.67. The molecule has 4 aliphatic carbocycles. The number of ketones is 2. The van der Waals surface area contributed by atoms with Crippen molar-refractivity contribution >= 4 is 17.3 Å². The summed E-state index contributed by atoms with van der Waals surface area (Å²) in [4.78, 5) is 27.0. The summed E-state index contributed by atoms with van der Waals surface area (Å²) in [5, 5.41) is 0. The van der Waals surface area contributed by atoms with Gasteiger partial charge in [-0.2, -0.15) is 0 Å². The van der Waals surface area contributed by atoms with Crippen LogP contribution in [0.15, 0.2) is 35.9 Å². The lowest BCUT2D eigenvalue weighted by atomic mass is 9.47. The first kappa shape index (κ1) is 21.0. The van der Waals surface area contributed by atoms with E-state index in [9.17, 15) is 9.59 Å². The van der Waals surface area contributed by atoms with Gasteiger partial charge in [-0.25, -0.2) is 0 Å². The highest BCUT2D eigenvalue weighted by Gasteiger charge is 2.60. The topological polar surface area (TPSA) is 37.4 Å². The van der Waals surface area contributed by atoms with Crippen molar-refractivity contribution in [2.45, 2.75) is 64.7 Å². The summed E-state index contributed by atoms with van der Waals surface area (Å²) in [5.74, 6) is 3.91. The van der Waals surface area contributed by atoms with Crippen molar-refractivity contribution in [1.29, 1.82) is 0 Å². The Hall–Kier alpha value is -1.90. The van der Waals surface area contributed by atoms with E-state index in [1.165, 1.54) is 29.7 Å². The predicted molar refractivity (Wildman–Crippen MR) is 125 cm³/mol. The number of nitrogens with zero attached hydrogens (tertiary/aromatic N) is 1. The van der Waals surface area contributed by atoms with E-state index < -0.39 is 0 Å². The molecule has 0 aliphatic heterocycles. The van der Waals surface area contributed by atoms with Crippen molar-refractivity contribution in [3.8, 4) is 0 Å². The van der Waals surface area contributed by atoms with Gasteiger partial charge in [-0.15, -0.1) is 0 Å². The van der Waals surface area contributed by atoms with Crippen molar-refractivity contribution in [3.63, 3.8) is 0 Å². The number of carbonyl (C=O) groups is 2. The minimum absolute atomic E-state index is 0.115. The third kappa shape index (κ3) is 3.31. The van der Waals surface area contributed by atoms with E-state index in [0.717, 1.165) is 25.7 Å². The smallest absolute Gasteiger partial charge is 0.155 e. The molecule has 0 saturated heterocycles. The second-order valence-corrected chi connectivity index (χ2v) is 11.3. The Balaban J connectivity index is 1.58. The van der Waals surface area contributed by atoms with E-state index in [4.69, 9.17) is 0 Å². The largest absolute Gasteiger partial charge is 0.378 e. The van der Waals surface area contributed by atoms with Crippen LogP contribution in [0.2, 0.25) is 0 Å². The monoisotopic (exact) mass is 419 g/mol. The first-order valence-electron chi connectivity index (χ1n) is 12.3. The van der Waals surface area contributed by atoms with Gasteiger partial charge < -0.3 is 4.90 Å². The van der Waals surface area contributed by atoms with Crippen LogP contribution in [0.3, 0.4) is 0 Å². The van der Waals surface area contributed by atoms with Crippen LogP contribution in [0.25, 0.3) is 0 Å². The standard InChI is InChI=1S/C28H37NO2/c1-17(30)25-13-14-26-23-11-7-19-15-21(31)10-12-22(19)27(23)24(16-28(25,26)2)18-5-8-20(9-6-18)29(3)4/h5-6,8-9,15,22-27H,7,10-14,16H2,1-4H3/t22?,23-,24+,25+,26?,27?,28+/m0/s1. The van der Waals surface area contributed by atoms with Crippen LogP contribution in [0.1, 0.15) is 70.3 Å². The summed E-state index contributed by atoms with van der Waals surface area (Å²) >= 11 is 0. The highest BCUT2D eigenvalue weighted by atomic mass is 16.1. The lowest BCUT2D eigenvalue weighted by Crippen LogP contribution is -2.50. The van der Waals surface area contributed by atoms with Gasteiger partial charge in [0.15, 0.2) is 5.78 Å². The number of benzene rings is 1. The molecule has 31 heavy (non-hydrogen) atoms. The molecule has 3 unspecified atom stereocenters. The molecule has 0 amide bonds. The number of hydrogen-bond donors (Lipinski definition) is 0. The zero-order valence-corrected chi connectivity index (χ0v) is 19.6. The molecule has 1 aromatic carbocycles. The molecule has 0 aromatic heterocycles. The minimum atomic E-state index is 0.115. The average molecular weight is 420 g/mol. The Labute approximate surface area is 187 Å². The number of Topliss-reactive ketones (excluding diaryl/α,β-unsaturated/α-hetero) is 1. The SMILES string of the molecule is CC(=O)[C@H]1CCC2[C@@H]3CCC4=CC(=O)CCC4C3[C@@H](c3ccc(N(C)C)cc3)C[C@@]21C. The molecule has 7 atom stereocenters. The van der Waals surface area contributed by atoms with Crippen LogP contribution >= 0.6 is 0 Å². The van der Waals surface area contributed by atoms with Gasteiger partial charge in [0.2, 0.25) is 0 Å². The van der Waals surface area contributed by atoms with Crippen LogP contribution in [-0.4, -0.2) is 25.7 Å². The fourth-order valence-corrected chi connectivity index (χ4v) is 8.34. The Morgan fingerprint density at radius 1 is 1.00 bits per heavy atom. The highest BCUT2D eigenvalue weighted by molar-refractivity contribution is 5.91. The summed E-state index contributed by atoms with van der Waals surface area (Å²) < 4.78 is 0. The molecule has 3 fully saturated rings. The van der Waals surface area contributed by atoms with Crippen molar-refractivity contribution < 1.29 is 9.59 Å². The molecule has 3 saturated carbocycles. The van der Waals surface area contributed by atoms with E-state index in [0.29, 0.717) is 47.6 Å². The van der Waals surface area contributed by atoms with Gasteiger partial charge in [-0.1, -0.05) is 24.6 Å². The van der Waals surface area contributed by atoms with E-state index >= 15 is 0 Å². The second kappa shape index (κ2) is 7.60. The Morgan fingerprint density at radius 2 is 1.74 bits per heavy atom. The van der Waals surface area contributed by atoms with Gasteiger partial charge in [-0.05, 0) is 104 Å². The molecule has 3 nitrogen and oxygen atoms in total. The molecule has 3 heteroatoms. The number of rotatable bonds is 3. The number of allylic oxidation sites excluding steroid dienone is 1. The zero-order valence-electron chi connectivity index (χ0n) is 19.6. The summed E-state index contributed by atoms with van der Waals surface area (Å²) in [5.41, 5.74) is 4.21. The second-order valence-electron chi connectivity index (χ2n) is 11.3. The normalized spacial score (nSPS) is 39.2. The lowest BCUT2D eigenvalue weighted by molar-refractivity contribution is -0.128. The number of hydrogen-bond acceptors (Lipinski definition) is 3. The quantitative estimate of drug-likeness (QED) is 0.622. The zero-order chi connectivity index (χ0) is 21.9. The van der Waals surface area contributed by atoms with Crippen molar-refractivity contribution in [3.05, 3.63) is 41.5 Å². The summed E-state index contributed by atoms with van der Waals surface area (Å²) in [6, 6.07) is 9.18. The molecule has 0 radical (unpaired) electrons. The maximum atomic E-state index is 12.6. The Morgan fingerprint density at radius 3 is 2.42 bits per heavy atom. The van der Waals surface area contributed by atoms with Gasteiger partial charge in [0.05, 0.1) is 0 Å². The third-order valence-electron chi connectivity index (χ3n) is 9.63. The van der Waals surface area contributed by atoms with Crippen molar-refractivity contribution in [2.75, 3.05) is 19.0 Å². The van der Waals surface area contributed by atoms with E-state index in [2.05, 4.69) is 50.2 Å². The summed E-state index contributed by atoms with van der Waals surface area (Å²) in [6.07, 6.45) is 9.40. The van der Waals surface area contributed by atoms with Crippen LogP contribution in [0.4, 0.5) is 5.69 Å². The maximum absolute atomic E-state index is 12.6. The first-order chi connectivity index (χ1) is 14.8. The number of fused-ring (bicyclic) bond motifs is 5. The summed E-state index contributed by atoms with van der Waals surface area (Å²) in [7, 11) is 4.18. The van der Waals surface area contributed by atoms with Gasteiger partial charge in [0, 0.05) is 32.1 Å². The molecule has 0 spiro atoms. The molecule has 1 aromatic rings. The maximum Gasteiger partial charge on any atom is 0.155 e. The lowest BCUT2D eigenvalue weighted by Gasteiger charge is -2.57. The van der Waals surface area contributed by atoms with Gasteiger partial charge in [0.1, 0.15) is 5.78 Å². The fourth-order valence-electron chi connectivity index (χ4n) is 8.34. The Kier molecular flexibility index (Phi) is 5.14. The minimum Gasteiger partial charge on any atom is -0.378 e. The molecule has 4 aliphatic rings. The average Bonchev–Trinajstić information content (AvgIpc) is 3.10. The van der Waals surface area contributed by atoms with Gasteiger partial charge in [-0.3, -0.25) is 9.59 Å². The van der Waals surface area contributed by atoms with Gasteiger partial charge in [0.25, 0.3) is 0 Å². The van der Waals surface area contributed by atoms with Crippen LogP contribution < -0.4 is 4.90 Å². The molecule has 0 bridgehead atoms. The van der Waals surface area contributed by atoms with E-state index in [1.54, 1.807) is 0 Å². The Bertz CT molecular complexity index is 913. The van der Waals surface area contributed by atoms with Crippen molar-refractivity contribution in [2.24, 2.45) is 35.0 Å².